The van der Waals surface area contributed by atoms with E-state index in [2.05, 4.69) is 4.74 Å². The summed E-state index contributed by atoms with van der Waals surface area (Å²) < 4.78 is 27.8. The molecule has 0 saturated carbocycles. The molecule has 15 heavy (non-hydrogen) atoms. The minimum atomic E-state index is -2.87. The first-order valence-corrected chi connectivity index (χ1v) is 4.31. The van der Waals surface area contributed by atoms with Crippen molar-refractivity contribution in [2.75, 3.05) is 5.73 Å². The zero-order valence-electron chi connectivity index (χ0n) is 8.17. The summed E-state index contributed by atoms with van der Waals surface area (Å²) in [7, 11) is 0. The van der Waals surface area contributed by atoms with Crippen molar-refractivity contribution in [3.05, 3.63) is 23.8 Å². The SMILES string of the molecule is CC(=O)Cc1ccc(OC(F)F)cc1N. The molecule has 0 bridgehead atoms. The van der Waals surface area contributed by atoms with Gasteiger partial charge < -0.3 is 10.5 Å². The molecule has 0 saturated heterocycles. The molecular formula is C10H11F2NO2. The summed E-state index contributed by atoms with van der Waals surface area (Å²) >= 11 is 0. The molecule has 82 valence electrons. The van der Waals surface area contributed by atoms with E-state index in [0.29, 0.717) is 5.56 Å². The molecule has 1 aromatic rings. The Morgan fingerprint density at radius 1 is 1.53 bits per heavy atom. The Bertz CT molecular complexity index is 366. The molecule has 1 rings (SSSR count). The van der Waals surface area contributed by atoms with Gasteiger partial charge in [0, 0.05) is 18.2 Å². The van der Waals surface area contributed by atoms with Crippen molar-refractivity contribution in [2.45, 2.75) is 20.0 Å². The Balaban J connectivity index is 2.83. The minimum absolute atomic E-state index is 0.00481. The van der Waals surface area contributed by atoms with E-state index in [1.54, 1.807) is 0 Å². The second-order valence-corrected chi connectivity index (χ2v) is 3.12. The molecule has 0 aliphatic heterocycles. The predicted octanol–water partition coefficient (Wildman–Crippen LogP) is 2.00. The molecule has 5 heteroatoms. The van der Waals surface area contributed by atoms with Crippen LogP contribution in [0.15, 0.2) is 18.2 Å². The topological polar surface area (TPSA) is 52.3 Å². The van der Waals surface area contributed by atoms with Gasteiger partial charge in [0.2, 0.25) is 0 Å². The molecule has 0 radical (unpaired) electrons. The van der Waals surface area contributed by atoms with Crippen LogP contribution >= 0.6 is 0 Å². The number of hydrogen-bond acceptors (Lipinski definition) is 3. The highest BCUT2D eigenvalue weighted by molar-refractivity contribution is 5.80. The average molecular weight is 215 g/mol. The second kappa shape index (κ2) is 4.72. The first kappa shape index (κ1) is 11.4. The van der Waals surface area contributed by atoms with E-state index in [1.165, 1.54) is 25.1 Å². The van der Waals surface area contributed by atoms with Crippen LogP contribution in [0.1, 0.15) is 12.5 Å². The number of nitrogen functional groups attached to an aromatic ring is 1. The van der Waals surface area contributed by atoms with Gasteiger partial charge in [0.05, 0.1) is 0 Å². The van der Waals surface area contributed by atoms with Crippen molar-refractivity contribution >= 4 is 11.5 Å². The Hall–Kier alpha value is -1.65. The number of ether oxygens (including phenoxy) is 1. The summed E-state index contributed by atoms with van der Waals surface area (Å²) in [5.74, 6) is -0.0426. The van der Waals surface area contributed by atoms with Crippen LogP contribution in [0.2, 0.25) is 0 Å². The summed E-state index contributed by atoms with van der Waals surface area (Å²) in [6.45, 7) is -1.44. The first-order chi connectivity index (χ1) is 6.99. The van der Waals surface area contributed by atoms with Gasteiger partial charge in [0.1, 0.15) is 11.5 Å². The monoisotopic (exact) mass is 215 g/mol. The Kier molecular flexibility index (Phi) is 3.60. The fraction of sp³-hybridized carbons (Fsp3) is 0.300. The van der Waals surface area contributed by atoms with Crippen LogP contribution in [0.4, 0.5) is 14.5 Å². The number of ketones is 1. The third-order valence-electron chi connectivity index (χ3n) is 1.78. The van der Waals surface area contributed by atoms with E-state index >= 15 is 0 Å². The molecule has 0 fully saturated rings. The average Bonchev–Trinajstić information content (AvgIpc) is 2.08. The Labute approximate surface area is 85.8 Å². The van der Waals surface area contributed by atoms with Crippen molar-refractivity contribution in [1.29, 1.82) is 0 Å². The van der Waals surface area contributed by atoms with E-state index in [0.717, 1.165) is 0 Å². The van der Waals surface area contributed by atoms with Crippen LogP contribution in [-0.4, -0.2) is 12.4 Å². The van der Waals surface area contributed by atoms with Gasteiger partial charge in [-0.3, -0.25) is 4.79 Å². The third-order valence-corrected chi connectivity index (χ3v) is 1.78. The van der Waals surface area contributed by atoms with Crippen LogP contribution in [0.3, 0.4) is 0 Å². The summed E-state index contributed by atoms with van der Waals surface area (Å²) in [6, 6.07) is 4.15. The molecule has 0 atom stereocenters. The van der Waals surface area contributed by atoms with E-state index in [-0.39, 0.29) is 23.6 Å². The van der Waals surface area contributed by atoms with Crippen LogP contribution in [-0.2, 0) is 11.2 Å². The lowest BCUT2D eigenvalue weighted by atomic mass is 10.1. The summed E-state index contributed by atoms with van der Waals surface area (Å²) in [5.41, 5.74) is 6.46. The molecule has 0 unspecified atom stereocenters. The van der Waals surface area contributed by atoms with Crippen molar-refractivity contribution in [2.24, 2.45) is 0 Å². The predicted molar refractivity (Wildman–Crippen MR) is 51.9 cm³/mol. The Morgan fingerprint density at radius 2 is 2.20 bits per heavy atom. The number of benzene rings is 1. The molecule has 2 N–H and O–H groups in total. The molecule has 1 aromatic carbocycles. The number of carbonyl (C=O) groups is 1. The lowest BCUT2D eigenvalue weighted by Gasteiger charge is -2.08. The molecular weight excluding hydrogens is 204 g/mol. The van der Waals surface area contributed by atoms with Gasteiger partial charge in [0.15, 0.2) is 0 Å². The highest BCUT2D eigenvalue weighted by atomic mass is 19.3. The van der Waals surface area contributed by atoms with Crippen molar-refractivity contribution in [1.82, 2.24) is 0 Å². The second-order valence-electron chi connectivity index (χ2n) is 3.12. The maximum Gasteiger partial charge on any atom is 0.387 e. The van der Waals surface area contributed by atoms with Gasteiger partial charge >= 0.3 is 6.61 Å². The van der Waals surface area contributed by atoms with Crippen LogP contribution in [0, 0.1) is 0 Å². The highest BCUT2D eigenvalue weighted by Gasteiger charge is 2.07. The van der Waals surface area contributed by atoms with Crippen LogP contribution in [0.5, 0.6) is 5.75 Å². The van der Waals surface area contributed by atoms with Crippen molar-refractivity contribution in [3.63, 3.8) is 0 Å². The third kappa shape index (κ3) is 3.53. The zero-order valence-corrected chi connectivity index (χ0v) is 8.17. The molecule has 0 amide bonds. The van der Waals surface area contributed by atoms with E-state index in [9.17, 15) is 13.6 Å². The highest BCUT2D eigenvalue weighted by Crippen LogP contribution is 2.21. The lowest BCUT2D eigenvalue weighted by molar-refractivity contribution is -0.116. The van der Waals surface area contributed by atoms with Crippen LogP contribution in [0.25, 0.3) is 0 Å². The van der Waals surface area contributed by atoms with Crippen molar-refractivity contribution < 1.29 is 18.3 Å². The van der Waals surface area contributed by atoms with E-state index < -0.39 is 6.61 Å². The molecule has 0 spiro atoms. The fourth-order valence-corrected chi connectivity index (χ4v) is 1.18. The zero-order chi connectivity index (χ0) is 11.4. The maximum atomic E-state index is 11.8. The van der Waals surface area contributed by atoms with Crippen molar-refractivity contribution in [3.8, 4) is 5.75 Å². The van der Waals surface area contributed by atoms with E-state index in [1.807, 2.05) is 0 Å². The number of hydrogen-bond donors (Lipinski definition) is 1. The Morgan fingerprint density at radius 3 is 2.67 bits per heavy atom. The van der Waals surface area contributed by atoms with Gasteiger partial charge in [-0.2, -0.15) is 8.78 Å². The first-order valence-electron chi connectivity index (χ1n) is 4.31. The fourth-order valence-electron chi connectivity index (χ4n) is 1.18. The lowest BCUT2D eigenvalue weighted by Crippen LogP contribution is -2.04. The summed E-state index contributed by atoms with van der Waals surface area (Å²) in [4.78, 5) is 10.8. The largest absolute Gasteiger partial charge is 0.435 e. The number of halogens is 2. The normalized spacial score (nSPS) is 10.4. The molecule has 0 heterocycles. The summed E-state index contributed by atoms with van der Waals surface area (Å²) in [6.07, 6.45) is 0.195. The van der Waals surface area contributed by atoms with Crippen LogP contribution < -0.4 is 10.5 Å². The molecule has 0 aliphatic carbocycles. The van der Waals surface area contributed by atoms with Gasteiger partial charge in [-0.15, -0.1) is 0 Å². The smallest absolute Gasteiger partial charge is 0.387 e. The minimum Gasteiger partial charge on any atom is -0.435 e. The quantitative estimate of drug-likeness (QED) is 0.781. The van der Waals surface area contributed by atoms with Gasteiger partial charge in [-0.25, -0.2) is 0 Å². The summed E-state index contributed by atoms with van der Waals surface area (Å²) in [5, 5.41) is 0. The van der Waals surface area contributed by atoms with Gasteiger partial charge in [-0.05, 0) is 18.6 Å². The molecule has 3 nitrogen and oxygen atoms in total. The number of anilines is 1. The number of Topliss-reactive ketones (excluding diaryl/α,β-unsaturated/α-hetero) is 1. The molecule has 0 aliphatic rings. The van der Waals surface area contributed by atoms with E-state index in [4.69, 9.17) is 5.73 Å². The number of carbonyl (C=O) groups excluding carboxylic acids is 1. The standard InChI is InChI=1S/C10H11F2NO2/c1-6(14)4-7-2-3-8(5-9(7)13)15-10(11)12/h2-3,5,10H,4,13H2,1H3. The number of rotatable bonds is 4. The number of nitrogens with two attached hydrogens (primary N) is 1. The van der Waals surface area contributed by atoms with Gasteiger partial charge in [0.25, 0.3) is 0 Å². The van der Waals surface area contributed by atoms with Gasteiger partial charge in [-0.1, -0.05) is 6.07 Å². The number of alkyl halides is 2. The molecule has 0 aromatic heterocycles. The maximum absolute atomic E-state index is 11.8.